The van der Waals surface area contributed by atoms with Crippen molar-refractivity contribution in [3.05, 3.63) is 60.2 Å². The van der Waals surface area contributed by atoms with E-state index in [2.05, 4.69) is 52.1 Å². The molecule has 2 aromatic rings. The van der Waals surface area contributed by atoms with Crippen LogP contribution in [0.4, 0.5) is 0 Å². The van der Waals surface area contributed by atoms with Crippen LogP contribution in [0.3, 0.4) is 0 Å². The monoisotopic (exact) mass is 554 g/mol. The number of thioether (sulfide) groups is 1. The Bertz CT molecular complexity index is 831. The summed E-state index contributed by atoms with van der Waals surface area (Å²) in [6, 6.07) is 18.5. The smallest absolute Gasteiger partial charge is 0.258 e. The Labute approximate surface area is 206 Å². The number of benzene rings is 2. The molecule has 1 fully saturated rings. The third kappa shape index (κ3) is 10.3. The molecule has 0 spiro atoms. The number of nitrogens with zero attached hydrogens (tertiary/aromatic N) is 1. The fourth-order valence-electron chi connectivity index (χ4n) is 2.75. The summed E-state index contributed by atoms with van der Waals surface area (Å²) in [5.74, 6) is 2.38. The number of nitrogens with one attached hydrogen (secondary N) is 3. The number of halogens is 1. The Hall–Kier alpha value is -1.94. The van der Waals surface area contributed by atoms with E-state index in [1.54, 1.807) is 0 Å². The van der Waals surface area contributed by atoms with E-state index in [-0.39, 0.29) is 36.5 Å². The molecule has 0 unspecified atom stereocenters. The van der Waals surface area contributed by atoms with Crippen LogP contribution in [-0.2, 0) is 11.3 Å². The van der Waals surface area contributed by atoms with Crippen molar-refractivity contribution in [1.82, 2.24) is 16.0 Å². The maximum atomic E-state index is 11.8. The molecule has 0 atom stereocenters. The molecule has 0 heterocycles. The summed E-state index contributed by atoms with van der Waals surface area (Å²) in [6.45, 7) is 4.26. The van der Waals surface area contributed by atoms with Crippen molar-refractivity contribution in [3.8, 4) is 5.75 Å². The molecule has 1 saturated carbocycles. The fourth-order valence-corrected chi connectivity index (χ4v) is 3.54. The molecule has 0 radical (unpaired) electrons. The van der Waals surface area contributed by atoms with Crippen molar-refractivity contribution < 1.29 is 9.53 Å². The second-order valence-corrected chi connectivity index (χ2v) is 8.23. The van der Waals surface area contributed by atoms with Gasteiger partial charge in [-0.25, -0.2) is 4.99 Å². The zero-order valence-electron chi connectivity index (χ0n) is 17.8. The SMILES string of the molecule is CCNC(=NCc1cccc(OCC(=O)NC2CC2)c1)NCCSc1ccccc1.I. The molecule has 1 aliphatic carbocycles. The average molecular weight is 554 g/mol. The number of hydrogen-bond acceptors (Lipinski definition) is 4. The van der Waals surface area contributed by atoms with Gasteiger partial charge in [-0.2, -0.15) is 0 Å². The predicted octanol–water partition coefficient (Wildman–Crippen LogP) is 3.81. The second-order valence-electron chi connectivity index (χ2n) is 7.06. The van der Waals surface area contributed by atoms with E-state index in [1.165, 1.54) is 4.90 Å². The molecule has 3 rings (SSSR count). The van der Waals surface area contributed by atoms with Crippen LogP contribution < -0.4 is 20.7 Å². The van der Waals surface area contributed by atoms with Gasteiger partial charge in [0.15, 0.2) is 12.6 Å². The molecule has 3 N–H and O–H groups in total. The molecular formula is C23H31IN4O2S. The average Bonchev–Trinajstić information content (AvgIpc) is 3.58. The van der Waals surface area contributed by atoms with Crippen molar-refractivity contribution in [2.24, 2.45) is 4.99 Å². The lowest BCUT2D eigenvalue weighted by atomic mass is 10.2. The minimum absolute atomic E-state index is 0. The quantitative estimate of drug-likeness (QED) is 0.130. The van der Waals surface area contributed by atoms with Gasteiger partial charge in [0.2, 0.25) is 0 Å². The Morgan fingerprint density at radius 1 is 1.13 bits per heavy atom. The van der Waals surface area contributed by atoms with Gasteiger partial charge in [0, 0.05) is 29.8 Å². The minimum atomic E-state index is -0.0621. The van der Waals surface area contributed by atoms with Gasteiger partial charge in [-0.05, 0) is 49.6 Å². The van der Waals surface area contributed by atoms with Gasteiger partial charge < -0.3 is 20.7 Å². The Morgan fingerprint density at radius 2 is 1.94 bits per heavy atom. The summed E-state index contributed by atoms with van der Waals surface area (Å²) in [5.41, 5.74) is 1.03. The van der Waals surface area contributed by atoms with Crippen LogP contribution in [0.2, 0.25) is 0 Å². The lowest BCUT2D eigenvalue weighted by Gasteiger charge is -2.11. The molecular weight excluding hydrogens is 523 g/mol. The maximum Gasteiger partial charge on any atom is 0.258 e. The topological polar surface area (TPSA) is 74.8 Å². The number of hydrogen-bond donors (Lipinski definition) is 3. The Kier molecular flexibility index (Phi) is 11.6. The van der Waals surface area contributed by atoms with Crippen LogP contribution in [0.5, 0.6) is 5.75 Å². The fraction of sp³-hybridized carbons (Fsp3) is 0.391. The highest BCUT2D eigenvalue weighted by molar-refractivity contribution is 14.0. The van der Waals surface area contributed by atoms with Gasteiger partial charge in [0.05, 0.1) is 6.54 Å². The van der Waals surface area contributed by atoms with Gasteiger partial charge in [0.1, 0.15) is 5.75 Å². The number of ether oxygens (including phenoxy) is 1. The van der Waals surface area contributed by atoms with E-state index in [1.807, 2.05) is 42.1 Å². The van der Waals surface area contributed by atoms with Crippen molar-refractivity contribution in [2.75, 3.05) is 25.4 Å². The molecule has 0 bridgehead atoms. The molecule has 0 aromatic heterocycles. The summed E-state index contributed by atoms with van der Waals surface area (Å²) >= 11 is 1.82. The lowest BCUT2D eigenvalue weighted by molar-refractivity contribution is -0.123. The summed E-state index contributed by atoms with van der Waals surface area (Å²) in [7, 11) is 0. The van der Waals surface area contributed by atoms with E-state index in [4.69, 9.17) is 4.74 Å². The van der Waals surface area contributed by atoms with Crippen LogP contribution >= 0.6 is 35.7 Å². The van der Waals surface area contributed by atoms with E-state index in [0.717, 1.165) is 43.2 Å². The highest BCUT2D eigenvalue weighted by atomic mass is 127. The van der Waals surface area contributed by atoms with Crippen molar-refractivity contribution >= 4 is 47.6 Å². The Morgan fingerprint density at radius 3 is 2.68 bits per heavy atom. The predicted molar refractivity (Wildman–Crippen MR) is 139 cm³/mol. The lowest BCUT2D eigenvalue weighted by Crippen LogP contribution is -2.38. The summed E-state index contributed by atoms with van der Waals surface area (Å²) < 4.78 is 5.62. The van der Waals surface area contributed by atoms with Crippen LogP contribution in [0.1, 0.15) is 25.3 Å². The first kappa shape index (κ1) is 25.3. The summed E-state index contributed by atoms with van der Waals surface area (Å²) in [6.07, 6.45) is 2.15. The standard InChI is InChI=1S/C23H30N4O2S.HI/c1-2-24-23(25-13-14-30-21-9-4-3-5-10-21)26-16-18-7-6-8-20(15-18)29-17-22(28)27-19-11-12-19;/h3-10,15,19H,2,11-14,16-17H2,1H3,(H,27,28)(H2,24,25,26);1H. The van der Waals surface area contributed by atoms with Gasteiger partial charge in [-0.1, -0.05) is 30.3 Å². The zero-order valence-corrected chi connectivity index (χ0v) is 21.0. The highest BCUT2D eigenvalue weighted by Crippen LogP contribution is 2.19. The molecule has 0 saturated heterocycles. The van der Waals surface area contributed by atoms with Crippen molar-refractivity contribution in [3.63, 3.8) is 0 Å². The first-order chi connectivity index (χ1) is 14.7. The molecule has 2 aromatic carbocycles. The highest BCUT2D eigenvalue weighted by Gasteiger charge is 2.23. The minimum Gasteiger partial charge on any atom is -0.484 e. The summed E-state index contributed by atoms with van der Waals surface area (Å²) in [4.78, 5) is 17.7. The van der Waals surface area contributed by atoms with E-state index >= 15 is 0 Å². The molecule has 31 heavy (non-hydrogen) atoms. The first-order valence-electron chi connectivity index (χ1n) is 10.4. The number of guanidine groups is 1. The molecule has 0 aliphatic heterocycles. The largest absolute Gasteiger partial charge is 0.484 e. The first-order valence-corrected chi connectivity index (χ1v) is 11.4. The van der Waals surface area contributed by atoms with Crippen molar-refractivity contribution in [1.29, 1.82) is 0 Å². The van der Waals surface area contributed by atoms with Gasteiger partial charge in [0.25, 0.3) is 5.91 Å². The molecule has 1 aliphatic rings. The van der Waals surface area contributed by atoms with E-state index < -0.39 is 0 Å². The molecule has 6 nitrogen and oxygen atoms in total. The molecule has 8 heteroatoms. The Balaban J connectivity index is 0.00000341. The number of aliphatic imine (C=N–C) groups is 1. The van der Waals surface area contributed by atoms with Gasteiger partial charge >= 0.3 is 0 Å². The third-order valence-corrected chi connectivity index (χ3v) is 5.39. The van der Waals surface area contributed by atoms with Crippen LogP contribution in [0.15, 0.2) is 64.5 Å². The third-order valence-electron chi connectivity index (χ3n) is 4.38. The number of rotatable bonds is 11. The normalized spacial score (nSPS) is 13.1. The number of amides is 1. The number of carbonyl (C=O) groups is 1. The number of carbonyl (C=O) groups excluding carboxylic acids is 1. The van der Waals surface area contributed by atoms with E-state index in [9.17, 15) is 4.79 Å². The van der Waals surface area contributed by atoms with Crippen molar-refractivity contribution in [2.45, 2.75) is 37.2 Å². The van der Waals surface area contributed by atoms with Gasteiger partial charge in [-0.15, -0.1) is 35.7 Å². The van der Waals surface area contributed by atoms with E-state index in [0.29, 0.717) is 18.3 Å². The van der Waals surface area contributed by atoms with Gasteiger partial charge in [-0.3, -0.25) is 4.79 Å². The van der Waals surface area contributed by atoms with Crippen LogP contribution in [0, 0.1) is 0 Å². The second kappa shape index (κ2) is 14.2. The zero-order chi connectivity index (χ0) is 21.0. The van der Waals surface area contributed by atoms with Crippen LogP contribution in [0.25, 0.3) is 0 Å². The molecule has 168 valence electrons. The summed E-state index contributed by atoms with van der Waals surface area (Å²) in [5, 5.41) is 9.57. The maximum absolute atomic E-state index is 11.8. The molecule has 1 amide bonds. The van der Waals surface area contributed by atoms with Crippen LogP contribution in [-0.4, -0.2) is 43.4 Å².